The van der Waals surface area contributed by atoms with Crippen molar-refractivity contribution in [3.8, 4) is 6.07 Å². The first-order valence-electron chi connectivity index (χ1n) is 4.10. The minimum absolute atomic E-state index is 0.914. The van der Waals surface area contributed by atoms with Gasteiger partial charge in [-0.3, -0.25) is 0 Å². The van der Waals surface area contributed by atoms with Gasteiger partial charge in [0, 0.05) is 12.2 Å². The predicted molar refractivity (Wildman–Crippen MR) is 52.1 cm³/mol. The molecule has 0 saturated carbocycles. The molecule has 0 unspecified atom stereocenters. The molecule has 1 rings (SSSR count). The van der Waals surface area contributed by atoms with Crippen molar-refractivity contribution >= 4 is 8.32 Å². The number of rotatable bonds is 2. The second kappa shape index (κ2) is 3.36. The Morgan fingerprint density at radius 1 is 1.31 bits per heavy atom. The van der Waals surface area contributed by atoms with Gasteiger partial charge in [0.1, 0.15) is 6.07 Å². The third-order valence-corrected chi connectivity index (χ3v) is 2.39. The van der Waals surface area contributed by atoms with E-state index in [0.29, 0.717) is 0 Å². The van der Waals surface area contributed by atoms with Crippen LogP contribution >= 0.6 is 0 Å². The van der Waals surface area contributed by atoms with Gasteiger partial charge in [0.15, 0.2) is 13.9 Å². The highest BCUT2D eigenvalue weighted by molar-refractivity contribution is 6.69. The van der Waals surface area contributed by atoms with Crippen molar-refractivity contribution in [2.45, 2.75) is 25.2 Å². The summed E-state index contributed by atoms with van der Waals surface area (Å²) in [4.78, 5) is 0. The zero-order valence-corrected chi connectivity index (χ0v) is 9.07. The van der Waals surface area contributed by atoms with Crippen LogP contribution in [-0.2, 0) is 9.16 Å². The van der Waals surface area contributed by atoms with E-state index in [1.165, 1.54) is 12.5 Å². The highest BCUT2D eigenvalue weighted by atomic mass is 28.4. The predicted octanol–water partition coefficient (Wildman–Crippen LogP) is 2.16. The molecule has 0 aromatic carbocycles. The van der Waals surface area contributed by atoms with E-state index in [1.807, 2.05) is 19.6 Å². The van der Waals surface area contributed by atoms with Gasteiger partial charge in [0.25, 0.3) is 0 Å². The van der Waals surface area contributed by atoms with E-state index in [4.69, 9.17) is 14.4 Å². The summed E-state index contributed by atoms with van der Waals surface area (Å²) >= 11 is 0. The van der Waals surface area contributed by atoms with E-state index in [2.05, 4.69) is 6.07 Å². The topological polar surface area (TPSA) is 42.2 Å². The van der Waals surface area contributed by atoms with Gasteiger partial charge in [-0.2, -0.15) is 5.26 Å². The van der Waals surface area contributed by atoms with Gasteiger partial charge < -0.3 is 9.16 Å². The number of nitriles is 1. The van der Waals surface area contributed by atoms with Crippen molar-refractivity contribution in [3.05, 3.63) is 24.7 Å². The molecule has 0 fully saturated rings. The van der Waals surface area contributed by atoms with Crippen LogP contribution in [0.25, 0.3) is 0 Å². The third kappa shape index (κ3) is 2.72. The van der Waals surface area contributed by atoms with Gasteiger partial charge in [-0.15, -0.1) is 0 Å². The van der Waals surface area contributed by atoms with Gasteiger partial charge in [0.2, 0.25) is 0 Å². The van der Waals surface area contributed by atoms with E-state index in [1.54, 1.807) is 12.2 Å². The summed E-state index contributed by atoms with van der Waals surface area (Å²) < 4.78 is 10.6. The molecule has 0 radical (unpaired) electrons. The summed E-state index contributed by atoms with van der Waals surface area (Å²) in [5.74, 6) is 0. The highest BCUT2D eigenvalue weighted by Crippen LogP contribution is 2.23. The Hall–Kier alpha value is -1.05. The first-order valence-corrected chi connectivity index (χ1v) is 7.51. The molecule has 0 atom stereocenters. The standard InChI is InChI=1S/C9H13NO2Si/c1-13(2,3)12-9(8-10)4-6-11-7-5-9/h4-7H,1-3H3. The molecule has 0 aromatic heterocycles. The average molecular weight is 195 g/mol. The molecule has 3 nitrogen and oxygen atoms in total. The Morgan fingerprint density at radius 2 is 1.85 bits per heavy atom. The first kappa shape index (κ1) is 10.0. The second-order valence-corrected chi connectivity index (χ2v) is 8.29. The largest absolute Gasteiger partial charge is 0.473 e. The zero-order valence-electron chi connectivity index (χ0n) is 8.07. The number of hydrogen-bond acceptors (Lipinski definition) is 3. The lowest BCUT2D eigenvalue weighted by atomic mass is 10.1. The van der Waals surface area contributed by atoms with Gasteiger partial charge >= 0.3 is 0 Å². The first-order chi connectivity index (χ1) is 5.97. The van der Waals surface area contributed by atoms with Gasteiger partial charge in [-0.25, -0.2) is 0 Å². The Balaban J connectivity index is 2.83. The van der Waals surface area contributed by atoms with Crippen LogP contribution in [0.2, 0.25) is 19.6 Å². The van der Waals surface area contributed by atoms with Crippen molar-refractivity contribution in [2.75, 3.05) is 0 Å². The Morgan fingerprint density at radius 3 is 2.23 bits per heavy atom. The monoisotopic (exact) mass is 195 g/mol. The van der Waals surface area contributed by atoms with Crippen molar-refractivity contribution in [1.82, 2.24) is 0 Å². The maximum atomic E-state index is 8.99. The van der Waals surface area contributed by atoms with Crippen LogP contribution in [0.5, 0.6) is 0 Å². The number of nitrogens with zero attached hydrogens (tertiary/aromatic N) is 1. The van der Waals surface area contributed by atoms with Crippen LogP contribution in [0.4, 0.5) is 0 Å². The minimum atomic E-state index is -1.72. The van der Waals surface area contributed by atoms with Crippen LogP contribution in [-0.4, -0.2) is 13.9 Å². The molecule has 1 aliphatic heterocycles. The molecular formula is C9H13NO2Si. The molecular weight excluding hydrogens is 182 g/mol. The zero-order chi connectivity index (χ0) is 9.95. The SMILES string of the molecule is C[Si](C)(C)OC1(C#N)C=COC=C1. The van der Waals surface area contributed by atoms with E-state index < -0.39 is 13.9 Å². The quantitative estimate of drug-likeness (QED) is 0.634. The van der Waals surface area contributed by atoms with Crippen LogP contribution in [0.3, 0.4) is 0 Å². The summed E-state index contributed by atoms with van der Waals surface area (Å²) in [7, 11) is -1.72. The van der Waals surface area contributed by atoms with Crippen molar-refractivity contribution in [3.63, 3.8) is 0 Å². The van der Waals surface area contributed by atoms with Gasteiger partial charge in [-0.05, 0) is 19.6 Å². The summed E-state index contributed by atoms with van der Waals surface area (Å²) in [6.45, 7) is 6.13. The second-order valence-electron chi connectivity index (χ2n) is 3.86. The maximum absolute atomic E-state index is 8.99. The van der Waals surface area contributed by atoms with Crippen LogP contribution < -0.4 is 0 Å². The van der Waals surface area contributed by atoms with E-state index >= 15 is 0 Å². The minimum Gasteiger partial charge on any atom is -0.473 e. The lowest BCUT2D eigenvalue weighted by Gasteiger charge is -2.29. The van der Waals surface area contributed by atoms with Gasteiger partial charge in [0.05, 0.1) is 12.5 Å². The fraction of sp³-hybridized carbons (Fsp3) is 0.444. The third-order valence-electron chi connectivity index (χ3n) is 1.44. The summed E-state index contributed by atoms with van der Waals surface area (Å²) in [6.07, 6.45) is 6.21. The summed E-state index contributed by atoms with van der Waals surface area (Å²) in [6, 6.07) is 2.13. The molecule has 1 aliphatic rings. The van der Waals surface area contributed by atoms with E-state index in [-0.39, 0.29) is 0 Å². The lowest BCUT2D eigenvalue weighted by molar-refractivity contribution is 0.204. The molecule has 0 aromatic rings. The van der Waals surface area contributed by atoms with Crippen molar-refractivity contribution in [1.29, 1.82) is 5.26 Å². The molecule has 0 saturated heterocycles. The Labute approximate surface area is 79.4 Å². The molecule has 13 heavy (non-hydrogen) atoms. The maximum Gasteiger partial charge on any atom is 0.188 e. The fourth-order valence-electron chi connectivity index (χ4n) is 1.05. The number of ether oxygens (including phenoxy) is 1. The molecule has 0 aliphatic carbocycles. The van der Waals surface area contributed by atoms with E-state index in [0.717, 1.165) is 0 Å². The molecule has 0 spiro atoms. The molecule has 0 bridgehead atoms. The molecule has 0 amide bonds. The summed E-state index contributed by atoms with van der Waals surface area (Å²) in [5, 5.41) is 8.99. The van der Waals surface area contributed by atoms with Crippen LogP contribution in [0.15, 0.2) is 24.7 Å². The smallest absolute Gasteiger partial charge is 0.188 e. The average Bonchev–Trinajstić information content (AvgIpc) is 2.03. The molecule has 0 N–H and O–H groups in total. The summed E-state index contributed by atoms with van der Waals surface area (Å²) in [5.41, 5.74) is -0.914. The lowest BCUT2D eigenvalue weighted by Crippen LogP contribution is -2.39. The van der Waals surface area contributed by atoms with Crippen molar-refractivity contribution < 1.29 is 9.16 Å². The van der Waals surface area contributed by atoms with Gasteiger partial charge in [-0.1, -0.05) is 0 Å². The normalized spacial score (nSPS) is 19.2. The molecule has 70 valence electrons. The highest BCUT2D eigenvalue weighted by Gasteiger charge is 2.33. The molecule has 4 heteroatoms. The fourth-order valence-corrected chi connectivity index (χ4v) is 2.25. The number of hydrogen-bond donors (Lipinski definition) is 0. The molecule has 1 heterocycles. The van der Waals surface area contributed by atoms with E-state index in [9.17, 15) is 0 Å². The van der Waals surface area contributed by atoms with Crippen LogP contribution in [0, 0.1) is 11.3 Å². The Bertz CT molecular complexity index is 271. The van der Waals surface area contributed by atoms with Crippen LogP contribution in [0.1, 0.15) is 0 Å². The van der Waals surface area contributed by atoms with Crippen molar-refractivity contribution in [2.24, 2.45) is 0 Å². The Kier molecular flexibility index (Phi) is 2.59.